The SMILES string of the molecule is O[C@@H](c1ccccc1)[C@@H](c1ccccc1)N1CCCC1. The van der Waals surface area contributed by atoms with E-state index in [9.17, 15) is 5.11 Å². The second kappa shape index (κ2) is 6.21. The van der Waals surface area contributed by atoms with E-state index in [0.29, 0.717) is 0 Å². The van der Waals surface area contributed by atoms with E-state index in [1.165, 1.54) is 18.4 Å². The van der Waals surface area contributed by atoms with Gasteiger partial charge in [-0.05, 0) is 37.1 Å². The Morgan fingerprint density at radius 3 is 1.80 bits per heavy atom. The van der Waals surface area contributed by atoms with Crippen molar-refractivity contribution < 1.29 is 5.11 Å². The molecule has 1 fully saturated rings. The summed E-state index contributed by atoms with van der Waals surface area (Å²) < 4.78 is 0. The maximum absolute atomic E-state index is 10.9. The van der Waals surface area contributed by atoms with Crippen LogP contribution in [0.25, 0.3) is 0 Å². The lowest BCUT2D eigenvalue weighted by molar-refractivity contribution is 0.0607. The van der Waals surface area contributed by atoms with E-state index in [4.69, 9.17) is 0 Å². The van der Waals surface area contributed by atoms with Crippen LogP contribution < -0.4 is 0 Å². The molecule has 104 valence electrons. The van der Waals surface area contributed by atoms with Crippen molar-refractivity contribution in [3.05, 3.63) is 71.8 Å². The number of rotatable bonds is 4. The number of hydrogen-bond donors (Lipinski definition) is 1. The molecule has 3 rings (SSSR count). The molecule has 1 aliphatic rings. The molecule has 2 atom stereocenters. The summed E-state index contributed by atoms with van der Waals surface area (Å²) in [7, 11) is 0. The molecular formula is C18H21NO. The molecule has 0 aromatic heterocycles. The van der Waals surface area contributed by atoms with Crippen LogP contribution in [0.3, 0.4) is 0 Å². The number of likely N-dealkylation sites (tertiary alicyclic amines) is 1. The Morgan fingerprint density at radius 2 is 1.25 bits per heavy atom. The van der Waals surface area contributed by atoms with Gasteiger partial charge < -0.3 is 5.11 Å². The van der Waals surface area contributed by atoms with Crippen molar-refractivity contribution in [3.8, 4) is 0 Å². The van der Waals surface area contributed by atoms with Crippen LogP contribution in [0.1, 0.15) is 36.1 Å². The molecule has 0 spiro atoms. The maximum atomic E-state index is 10.9. The van der Waals surface area contributed by atoms with E-state index >= 15 is 0 Å². The number of benzene rings is 2. The molecule has 0 unspecified atom stereocenters. The smallest absolute Gasteiger partial charge is 0.0986 e. The molecule has 0 saturated carbocycles. The first-order valence-electron chi connectivity index (χ1n) is 7.38. The highest BCUT2D eigenvalue weighted by Crippen LogP contribution is 2.35. The van der Waals surface area contributed by atoms with Gasteiger partial charge in [0.25, 0.3) is 0 Å². The minimum absolute atomic E-state index is 0.0566. The summed E-state index contributed by atoms with van der Waals surface area (Å²) in [5.41, 5.74) is 2.19. The average molecular weight is 267 g/mol. The third-order valence-electron chi connectivity index (χ3n) is 4.12. The number of hydrogen-bond acceptors (Lipinski definition) is 2. The standard InChI is InChI=1S/C18H21NO/c20-18(16-11-5-2-6-12-16)17(19-13-7-8-14-19)15-9-3-1-4-10-15/h1-6,9-12,17-18,20H,7-8,13-14H2/t17-,18+/m1/s1. The molecule has 0 amide bonds. The second-order valence-corrected chi connectivity index (χ2v) is 5.45. The molecule has 1 saturated heterocycles. The Hall–Kier alpha value is -1.64. The summed E-state index contributed by atoms with van der Waals surface area (Å²) in [5, 5.41) is 10.9. The molecule has 2 heteroatoms. The first-order chi connectivity index (χ1) is 9.86. The molecule has 2 aromatic rings. The van der Waals surface area contributed by atoms with Crippen molar-refractivity contribution >= 4 is 0 Å². The molecule has 1 heterocycles. The van der Waals surface area contributed by atoms with Gasteiger partial charge in [0, 0.05) is 0 Å². The van der Waals surface area contributed by atoms with Crippen molar-refractivity contribution in [1.29, 1.82) is 0 Å². The quantitative estimate of drug-likeness (QED) is 0.915. The van der Waals surface area contributed by atoms with Gasteiger partial charge in [0.1, 0.15) is 0 Å². The second-order valence-electron chi connectivity index (χ2n) is 5.45. The van der Waals surface area contributed by atoms with Crippen molar-refractivity contribution in [2.75, 3.05) is 13.1 Å². The third kappa shape index (κ3) is 2.77. The maximum Gasteiger partial charge on any atom is 0.0986 e. The van der Waals surface area contributed by atoms with Gasteiger partial charge in [0.05, 0.1) is 12.1 Å². The van der Waals surface area contributed by atoms with Crippen LogP contribution >= 0.6 is 0 Å². The summed E-state index contributed by atoms with van der Waals surface area (Å²) in [6.45, 7) is 2.15. The van der Waals surface area contributed by atoms with Crippen molar-refractivity contribution in [2.24, 2.45) is 0 Å². The number of aliphatic hydroxyl groups excluding tert-OH is 1. The summed E-state index contributed by atoms with van der Waals surface area (Å²) in [6.07, 6.45) is 1.98. The fourth-order valence-corrected chi connectivity index (χ4v) is 3.10. The zero-order valence-electron chi connectivity index (χ0n) is 11.7. The Bertz CT molecular complexity index is 520. The zero-order chi connectivity index (χ0) is 13.8. The molecule has 1 N–H and O–H groups in total. The van der Waals surface area contributed by atoms with Crippen LogP contribution in [-0.4, -0.2) is 23.1 Å². The molecule has 2 nitrogen and oxygen atoms in total. The first kappa shape index (κ1) is 13.3. The van der Waals surface area contributed by atoms with Crippen molar-refractivity contribution in [1.82, 2.24) is 4.90 Å². The lowest BCUT2D eigenvalue weighted by Gasteiger charge is -2.32. The van der Waals surface area contributed by atoms with E-state index in [0.717, 1.165) is 18.7 Å². The molecule has 2 aromatic carbocycles. The largest absolute Gasteiger partial charge is 0.386 e. The highest BCUT2D eigenvalue weighted by molar-refractivity contribution is 5.26. The zero-order valence-corrected chi connectivity index (χ0v) is 11.7. The fourth-order valence-electron chi connectivity index (χ4n) is 3.10. The fraction of sp³-hybridized carbons (Fsp3) is 0.333. The molecule has 0 bridgehead atoms. The van der Waals surface area contributed by atoms with Crippen LogP contribution in [0.2, 0.25) is 0 Å². The Labute approximate surface area is 120 Å². The van der Waals surface area contributed by atoms with E-state index in [2.05, 4.69) is 29.2 Å². The van der Waals surface area contributed by atoms with E-state index < -0.39 is 6.10 Å². The predicted molar refractivity (Wildman–Crippen MR) is 81.4 cm³/mol. The van der Waals surface area contributed by atoms with Gasteiger partial charge in [-0.2, -0.15) is 0 Å². The predicted octanol–water partition coefficient (Wildman–Crippen LogP) is 3.56. The highest BCUT2D eigenvalue weighted by Gasteiger charge is 2.30. The Morgan fingerprint density at radius 1 is 0.750 bits per heavy atom. The van der Waals surface area contributed by atoms with Crippen LogP contribution in [-0.2, 0) is 0 Å². The molecule has 0 aliphatic carbocycles. The van der Waals surface area contributed by atoms with Crippen LogP contribution in [0.15, 0.2) is 60.7 Å². The van der Waals surface area contributed by atoms with Gasteiger partial charge in [0.2, 0.25) is 0 Å². The van der Waals surface area contributed by atoms with Crippen LogP contribution in [0.5, 0.6) is 0 Å². The van der Waals surface area contributed by atoms with Gasteiger partial charge in [-0.1, -0.05) is 60.7 Å². The average Bonchev–Trinajstić information content (AvgIpc) is 3.03. The van der Waals surface area contributed by atoms with E-state index in [1.54, 1.807) is 0 Å². The third-order valence-corrected chi connectivity index (χ3v) is 4.12. The summed E-state index contributed by atoms with van der Waals surface area (Å²) >= 11 is 0. The van der Waals surface area contributed by atoms with Crippen molar-refractivity contribution in [2.45, 2.75) is 25.0 Å². The summed E-state index contributed by atoms with van der Waals surface area (Å²) in [4.78, 5) is 2.41. The lowest BCUT2D eigenvalue weighted by Crippen LogP contribution is -2.30. The van der Waals surface area contributed by atoms with Gasteiger partial charge in [-0.25, -0.2) is 0 Å². The van der Waals surface area contributed by atoms with E-state index in [-0.39, 0.29) is 6.04 Å². The van der Waals surface area contributed by atoms with E-state index in [1.807, 2.05) is 36.4 Å². The highest BCUT2D eigenvalue weighted by atomic mass is 16.3. The molecular weight excluding hydrogens is 246 g/mol. The number of nitrogens with zero attached hydrogens (tertiary/aromatic N) is 1. The van der Waals surface area contributed by atoms with Gasteiger partial charge >= 0.3 is 0 Å². The molecule has 1 aliphatic heterocycles. The van der Waals surface area contributed by atoms with Gasteiger partial charge in [-0.15, -0.1) is 0 Å². The number of aliphatic hydroxyl groups is 1. The minimum Gasteiger partial charge on any atom is -0.386 e. The van der Waals surface area contributed by atoms with Crippen molar-refractivity contribution in [3.63, 3.8) is 0 Å². The normalized spacial score (nSPS) is 18.9. The monoisotopic (exact) mass is 267 g/mol. The minimum atomic E-state index is -0.475. The summed E-state index contributed by atoms with van der Waals surface area (Å²) in [5.74, 6) is 0. The van der Waals surface area contributed by atoms with Crippen LogP contribution in [0.4, 0.5) is 0 Å². The Balaban J connectivity index is 1.93. The first-order valence-corrected chi connectivity index (χ1v) is 7.38. The van der Waals surface area contributed by atoms with Gasteiger partial charge in [0.15, 0.2) is 0 Å². The molecule has 0 radical (unpaired) electrons. The topological polar surface area (TPSA) is 23.5 Å². The molecule has 20 heavy (non-hydrogen) atoms. The Kier molecular flexibility index (Phi) is 4.14. The lowest BCUT2D eigenvalue weighted by atomic mass is 9.94. The summed E-state index contributed by atoms with van der Waals surface area (Å²) in [6, 6.07) is 20.4. The van der Waals surface area contributed by atoms with Gasteiger partial charge in [-0.3, -0.25) is 4.90 Å². The van der Waals surface area contributed by atoms with Crippen LogP contribution in [0, 0.1) is 0 Å².